The number of nitrogens with zero attached hydrogens (tertiary/aromatic N) is 1. The van der Waals surface area contributed by atoms with E-state index in [0.29, 0.717) is 24.4 Å². The molecule has 0 aromatic heterocycles. The molecule has 226 valence electrons. The van der Waals surface area contributed by atoms with Gasteiger partial charge in [0.1, 0.15) is 23.4 Å². The molecule has 0 spiro atoms. The van der Waals surface area contributed by atoms with Crippen molar-refractivity contribution in [1.29, 1.82) is 0 Å². The fraction of sp³-hybridized carbons (Fsp3) is 0.545. The van der Waals surface area contributed by atoms with E-state index in [2.05, 4.69) is 17.6 Å². The van der Waals surface area contributed by atoms with E-state index < -0.39 is 23.8 Å². The van der Waals surface area contributed by atoms with Crippen molar-refractivity contribution >= 4 is 23.6 Å². The highest BCUT2D eigenvalue weighted by atomic mass is 16.6. The number of hydrogen-bond donors (Lipinski definition) is 2. The number of hydrogen-bond acceptors (Lipinski definition) is 5. The largest absolute Gasteiger partial charge is 0.497 e. The van der Waals surface area contributed by atoms with Crippen molar-refractivity contribution in [3.8, 4) is 5.75 Å². The second-order valence-electron chi connectivity index (χ2n) is 11.7. The lowest BCUT2D eigenvalue weighted by atomic mass is 9.93. The molecule has 2 aromatic carbocycles. The molecule has 0 aliphatic heterocycles. The number of amides is 3. The number of ether oxygens (including phenoxy) is 2. The highest BCUT2D eigenvalue weighted by molar-refractivity contribution is 5.99. The molecule has 0 fully saturated rings. The van der Waals surface area contributed by atoms with Crippen LogP contribution in [-0.2, 0) is 14.3 Å². The molecule has 8 heteroatoms. The average molecular weight is 568 g/mol. The SMILES string of the molecule is CCCCCN(C(=O)C(NC(=O)OC(C)(C)C)C(C)CC)C(C(=O)Nc1ccc(OC)cc1)c1ccc(C)cc1C. The molecule has 3 atom stereocenters. The summed E-state index contributed by atoms with van der Waals surface area (Å²) in [5, 5.41) is 5.84. The number of nitrogens with one attached hydrogen (secondary N) is 2. The van der Waals surface area contributed by atoms with Gasteiger partial charge in [0.15, 0.2) is 0 Å². The quantitative estimate of drug-likeness (QED) is 0.255. The van der Waals surface area contributed by atoms with Crippen molar-refractivity contribution < 1.29 is 23.9 Å². The van der Waals surface area contributed by atoms with Crippen LogP contribution in [0.4, 0.5) is 10.5 Å². The van der Waals surface area contributed by atoms with E-state index in [0.717, 1.165) is 36.0 Å². The first-order valence-corrected chi connectivity index (χ1v) is 14.6. The van der Waals surface area contributed by atoms with E-state index in [1.807, 2.05) is 45.9 Å². The summed E-state index contributed by atoms with van der Waals surface area (Å²) >= 11 is 0. The van der Waals surface area contributed by atoms with E-state index in [1.54, 1.807) is 57.0 Å². The predicted octanol–water partition coefficient (Wildman–Crippen LogP) is 6.95. The van der Waals surface area contributed by atoms with E-state index in [1.165, 1.54) is 0 Å². The van der Waals surface area contributed by atoms with E-state index in [-0.39, 0.29) is 17.7 Å². The third-order valence-corrected chi connectivity index (χ3v) is 7.07. The van der Waals surface area contributed by atoms with Gasteiger partial charge in [0, 0.05) is 12.2 Å². The topological polar surface area (TPSA) is 97.0 Å². The fourth-order valence-electron chi connectivity index (χ4n) is 4.66. The molecule has 2 aromatic rings. The Morgan fingerprint density at radius 1 is 0.976 bits per heavy atom. The number of aryl methyl sites for hydroxylation is 2. The summed E-state index contributed by atoms with van der Waals surface area (Å²) in [4.78, 5) is 43.0. The highest BCUT2D eigenvalue weighted by Gasteiger charge is 2.38. The average Bonchev–Trinajstić information content (AvgIpc) is 2.90. The van der Waals surface area contributed by atoms with Crippen LogP contribution in [0.15, 0.2) is 42.5 Å². The van der Waals surface area contributed by atoms with Gasteiger partial charge in [-0.15, -0.1) is 0 Å². The first kappa shape index (κ1) is 33.7. The third-order valence-electron chi connectivity index (χ3n) is 7.07. The van der Waals surface area contributed by atoms with Gasteiger partial charge in [0.05, 0.1) is 7.11 Å². The zero-order valence-electron chi connectivity index (χ0n) is 26.3. The molecule has 41 heavy (non-hydrogen) atoms. The van der Waals surface area contributed by atoms with Crippen LogP contribution >= 0.6 is 0 Å². The van der Waals surface area contributed by atoms with Gasteiger partial charge in [-0.05, 0) is 82.3 Å². The molecule has 0 radical (unpaired) electrons. The van der Waals surface area contributed by atoms with E-state index >= 15 is 0 Å². The van der Waals surface area contributed by atoms with Crippen molar-refractivity contribution in [3.63, 3.8) is 0 Å². The molecular weight excluding hydrogens is 518 g/mol. The molecule has 0 bridgehead atoms. The number of alkyl carbamates (subject to hydrolysis) is 1. The molecule has 0 aliphatic carbocycles. The molecule has 0 saturated heterocycles. The summed E-state index contributed by atoms with van der Waals surface area (Å²) in [6, 6.07) is 11.2. The summed E-state index contributed by atoms with van der Waals surface area (Å²) in [5.74, 6) is -0.147. The Bertz CT molecular complexity index is 1160. The Morgan fingerprint density at radius 3 is 2.17 bits per heavy atom. The van der Waals surface area contributed by atoms with Gasteiger partial charge in [-0.25, -0.2) is 4.79 Å². The minimum Gasteiger partial charge on any atom is -0.497 e. The van der Waals surface area contributed by atoms with Crippen LogP contribution in [0.2, 0.25) is 0 Å². The molecule has 8 nitrogen and oxygen atoms in total. The Labute approximate surface area is 246 Å². The fourth-order valence-corrected chi connectivity index (χ4v) is 4.66. The van der Waals surface area contributed by atoms with Crippen LogP contribution in [0.1, 0.15) is 90.0 Å². The van der Waals surface area contributed by atoms with Gasteiger partial charge < -0.3 is 25.0 Å². The Hall–Kier alpha value is -3.55. The summed E-state index contributed by atoms with van der Waals surface area (Å²) in [7, 11) is 1.59. The van der Waals surface area contributed by atoms with Crippen LogP contribution in [0.25, 0.3) is 0 Å². The van der Waals surface area contributed by atoms with Crippen molar-refractivity contribution in [2.24, 2.45) is 5.92 Å². The van der Waals surface area contributed by atoms with Gasteiger partial charge >= 0.3 is 6.09 Å². The molecule has 2 rings (SSSR count). The summed E-state index contributed by atoms with van der Waals surface area (Å²) in [6.07, 6.45) is 2.58. The van der Waals surface area contributed by atoms with Crippen LogP contribution in [0, 0.1) is 19.8 Å². The van der Waals surface area contributed by atoms with Gasteiger partial charge in [-0.3, -0.25) is 9.59 Å². The zero-order valence-corrected chi connectivity index (χ0v) is 26.3. The maximum Gasteiger partial charge on any atom is 0.408 e. The zero-order chi connectivity index (χ0) is 30.7. The number of methoxy groups -OCH3 is 1. The molecule has 3 amide bonds. The number of benzene rings is 2. The number of anilines is 1. The third kappa shape index (κ3) is 10.1. The molecule has 0 saturated carbocycles. The molecule has 2 N–H and O–H groups in total. The van der Waals surface area contributed by atoms with Crippen molar-refractivity contribution in [2.75, 3.05) is 19.0 Å². The first-order valence-electron chi connectivity index (χ1n) is 14.6. The molecule has 0 aliphatic rings. The van der Waals surface area contributed by atoms with E-state index in [9.17, 15) is 14.4 Å². The normalized spacial score (nSPS) is 13.5. The van der Waals surface area contributed by atoms with Crippen molar-refractivity contribution in [1.82, 2.24) is 10.2 Å². The van der Waals surface area contributed by atoms with Crippen molar-refractivity contribution in [2.45, 2.75) is 98.8 Å². The number of carbonyl (C=O) groups excluding carboxylic acids is 3. The lowest BCUT2D eigenvalue weighted by molar-refractivity contribution is -0.142. The van der Waals surface area contributed by atoms with Crippen LogP contribution < -0.4 is 15.4 Å². The smallest absolute Gasteiger partial charge is 0.408 e. The minimum absolute atomic E-state index is 0.187. The Kier molecular flexibility index (Phi) is 12.7. The highest BCUT2D eigenvalue weighted by Crippen LogP contribution is 2.29. The number of rotatable bonds is 13. The Morgan fingerprint density at radius 2 is 1.63 bits per heavy atom. The monoisotopic (exact) mass is 567 g/mol. The number of carbonyl (C=O) groups is 3. The van der Waals surface area contributed by atoms with Crippen LogP contribution in [0.3, 0.4) is 0 Å². The van der Waals surface area contributed by atoms with Gasteiger partial charge in [0.2, 0.25) is 5.91 Å². The second-order valence-corrected chi connectivity index (χ2v) is 11.7. The maximum atomic E-state index is 14.4. The molecule has 3 unspecified atom stereocenters. The van der Waals surface area contributed by atoms with Crippen LogP contribution in [-0.4, -0.2) is 48.1 Å². The predicted molar refractivity (Wildman–Crippen MR) is 164 cm³/mol. The maximum absolute atomic E-state index is 14.4. The summed E-state index contributed by atoms with van der Waals surface area (Å²) in [5.41, 5.74) is 2.60. The van der Waals surface area contributed by atoms with Gasteiger partial charge in [0.25, 0.3) is 5.91 Å². The minimum atomic E-state index is -0.908. The lowest BCUT2D eigenvalue weighted by Crippen LogP contribution is -2.55. The number of unbranched alkanes of at least 4 members (excludes halogenated alkanes) is 2. The Balaban J connectivity index is 2.59. The van der Waals surface area contributed by atoms with Gasteiger partial charge in [-0.2, -0.15) is 0 Å². The molecular formula is C33H49N3O5. The summed E-state index contributed by atoms with van der Waals surface area (Å²) in [6.45, 7) is 15.7. The molecule has 0 heterocycles. The lowest BCUT2D eigenvalue weighted by Gasteiger charge is -2.36. The van der Waals surface area contributed by atoms with E-state index in [4.69, 9.17) is 9.47 Å². The summed E-state index contributed by atoms with van der Waals surface area (Å²) < 4.78 is 10.8. The van der Waals surface area contributed by atoms with Gasteiger partial charge in [-0.1, -0.05) is 63.8 Å². The standard InChI is InChI=1S/C33H49N3O5/c1-10-12-13-20-36(31(38)28(23(4)11-2)35-32(39)41-33(6,7)8)29(27-19-14-22(3)21-24(27)5)30(37)34-25-15-17-26(40-9)18-16-25/h14-19,21,23,28-29H,10-13,20H2,1-9H3,(H,34,37)(H,35,39). The van der Waals surface area contributed by atoms with Crippen LogP contribution in [0.5, 0.6) is 5.75 Å². The second kappa shape index (κ2) is 15.5. The first-order chi connectivity index (χ1) is 19.3. The van der Waals surface area contributed by atoms with Crippen molar-refractivity contribution in [3.05, 3.63) is 59.2 Å².